The van der Waals surface area contributed by atoms with Crippen LogP contribution in [0.15, 0.2) is 16.7 Å². The van der Waals surface area contributed by atoms with Crippen molar-refractivity contribution in [2.75, 3.05) is 31.5 Å². The van der Waals surface area contributed by atoms with E-state index in [1.165, 1.54) is 25.1 Å². The number of rotatable bonds is 5. The van der Waals surface area contributed by atoms with Gasteiger partial charge in [-0.15, -0.1) is 0 Å². The number of piperidine rings is 1. The largest absolute Gasteiger partial charge is 0.368 e. The Morgan fingerprint density at radius 1 is 1.55 bits per heavy atom. The van der Waals surface area contributed by atoms with Gasteiger partial charge in [0.2, 0.25) is 0 Å². The van der Waals surface area contributed by atoms with Crippen molar-refractivity contribution >= 4 is 27.4 Å². The predicted molar refractivity (Wildman–Crippen MR) is 81.9 cm³/mol. The third-order valence-corrected chi connectivity index (χ3v) is 4.24. The van der Waals surface area contributed by atoms with Crippen LogP contribution >= 0.6 is 15.9 Å². The first kappa shape index (κ1) is 15.2. The molecule has 1 aromatic heterocycles. The van der Waals surface area contributed by atoms with Gasteiger partial charge in [0.25, 0.3) is 5.69 Å². The fourth-order valence-corrected chi connectivity index (χ4v) is 2.75. The van der Waals surface area contributed by atoms with Crippen molar-refractivity contribution in [3.63, 3.8) is 0 Å². The second kappa shape index (κ2) is 6.99. The molecule has 1 aliphatic heterocycles. The molecule has 1 aliphatic rings. The van der Waals surface area contributed by atoms with Gasteiger partial charge < -0.3 is 10.2 Å². The highest BCUT2D eigenvalue weighted by Gasteiger charge is 2.15. The lowest BCUT2D eigenvalue weighted by Gasteiger charge is -2.30. The molecule has 6 nitrogen and oxygen atoms in total. The summed E-state index contributed by atoms with van der Waals surface area (Å²) in [5, 5.41) is 13.8. The van der Waals surface area contributed by atoms with E-state index in [-0.39, 0.29) is 5.69 Å². The molecule has 2 heterocycles. The summed E-state index contributed by atoms with van der Waals surface area (Å²) >= 11 is 3.31. The number of anilines is 1. The maximum atomic E-state index is 10.6. The summed E-state index contributed by atoms with van der Waals surface area (Å²) in [6, 6.07) is 1.47. The van der Waals surface area contributed by atoms with Gasteiger partial charge in [-0.25, -0.2) is 4.98 Å². The summed E-state index contributed by atoms with van der Waals surface area (Å²) in [5.74, 6) is 1.49. The molecule has 1 N–H and O–H groups in total. The van der Waals surface area contributed by atoms with Crippen LogP contribution in [-0.2, 0) is 0 Å². The van der Waals surface area contributed by atoms with Crippen molar-refractivity contribution in [1.82, 2.24) is 9.88 Å². The van der Waals surface area contributed by atoms with Crippen molar-refractivity contribution in [1.29, 1.82) is 0 Å². The zero-order valence-corrected chi connectivity index (χ0v) is 13.1. The van der Waals surface area contributed by atoms with Crippen molar-refractivity contribution in [3.05, 3.63) is 26.9 Å². The first-order valence-electron chi connectivity index (χ1n) is 6.82. The van der Waals surface area contributed by atoms with Crippen LogP contribution in [0.2, 0.25) is 0 Å². The normalized spacial score (nSPS) is 17.1. The zero-order chi connectivity index (χ0) is 14.5. The number of likely N-dealkylation sites (tertiary alicyclic amines) is 1. The zero-order valence-electron chi connectivity index (χ0n) is 11.5. The van der Waals surface area contributed by atoms with Gasteiger partial charge in [-0.1, -0.05) is 6.92 Å². The van der Waals surface area contributed by atoms with Gasteiger partial charge >= 0.3 is 0 Å². The second-order valence-electron chi connectivity index (χ2n) is 5.23. The standard InChI is InChI=1S/C13H19BrN4O2/c1-10-2-5-17(6-3-10)7-4-15-13-12(14)8-11(9-16-13)18(19)20/h8-10H,2-7H2,1H3,(H,15,16). The number of nitrogens with zero attached hydrogens (tertiary/aromatic N) is 3. The van der Waals surface area contributed by atoms with E-state index < -0.39 is 4.92 Å². The van der Waals surface area contributed by atoms with Crippen LogP contribution < -0.4 is 5.32 Å². The van der Waals surface area contributed by atoms with Crippen molar-refractivity contribution in [3.8, 4) is 0 Å². The van der Waals surface area contributed by atoms with E-state index in [9.17, 15) is 10.1 Å². The number of hydrogen-bond acceptors (Lipinski definition) is 5. The Hall–Kier alpha value is -1.21. The van der Waals surface area contributed by atoms with E-state index in [0.29, 0.717) is 10.3 Å². The molecule has 0 aromatic carbocycles. The van der Waals surface area contributed by atoms with Gasteiger partial charge in [-0.2, -0.15) is 0 Å². The highest BCUT2D eigenvalue weighted by Crippen LogP contribution is 2.24. The quantitative estimate of drug-likeness (QED) is 0.657. The molecule has 0 atom stereocenters. The topological polar surface area (TPSA) is 71.3 Å². The highest BCUT2D eigenvalue weighted by atomic mass is 79.9. The van der Waals surface area contributed by atoms with E-state index in [4.69, 9.17) is 0 Å². The third kappa shape index (κ3) is 4.14. The number of nitrogens with one attached hydrogen (secondary N) is 1. The van der Waals surface area contributed by atoms with Crippen LogP contribution in [0, 0.1) is 16.0 Å². The Kier molecular flexibility index (Phi) is 5.31. The molecule has 110 valence electrons. The second-order valence-corrected chi connectivity index (χ2v) is 6.09. The molecule has 0 saturated carbocycles. The number of nitro groups is 1. The van der Waals surface area contributed by atoms with E-state index >= 15 is 0 Å². The molecule has 1 aromatic rings. The minimum Gasteiger partial charge on any atom is -0.368 e. The molecule has 0 spiro atoms. The average Bonchev–Trinajstić information content (AvgIpc) is 2.42. The molecule has 20 heavy (non-hydrogen) atoms. The van der Waals surface area contributed by atoms with Crippen LogP contribution in [0.5, 0.6) is 0 Å². The van der Waals surface area contributed by atoms with Crippen molar-refractivity contribution in [2.45, 2.75) is 19.8 Å². The molecule has 0 bridgehead atoms. The van der Waals surface area contributed by atoms with E-state index in [2.05, 4.69) is 38.1 Å². The van der Waals surface area contributed by atoms with E-state index in [1.807, 2.05) is 0 Å². The Labute approximate surface area is 126 Å². The summed E-state index contributed by atoms with van der Waals surface area (Å²) in [4.78, 5) is 16.7. The molecule has 2 rings (SSSR count). The Balaban J connectivity index is 1.81. The van der Waals surface area contributed by atoms with Crippen LogP contribution in [0.1, 0.15) is 19.8 Å². The fourth-order valence-electron chi connectivity index (χ4n) is 2.28. The molecule has 7 heteroatoms. The molecule has 0 radical (unpaired) electrons. The SMILES string of the molecule is CC1CCN(CCNc2ncc([N+](=O)[O-])cc2Br)CC1. The van der Waals surface area contributed by atoms with Crippen LogP contribution in [0.25, 0.3) is 0 Å². The Morgan fingerprint density at radius 2 is 2.25 bits per heavy atom. The van der Waals surface area contributed by atoms with Gasteiger partial charge in [0, 0.05) is 19.2 Å². The summed E-state index contributed by atoms with van der Waals surface area (Å²) in [7, 11) is 0. The van der Waals surface area contributed by atoms with Gasteiger partial charge in [0.15, 0.2) is 0 Å². The van der Waals surface area contributed by atoms with Gasteiger partial charge in [-0.3, -0.25) is 10.1 Å². The molecular formula is C13H19BrN4O2. The van der Waals surface area contributed by atoms with Crippen molar-refractivity contribution < 1.29 is 4.92 Å². The fraction of sp³-hybridized carbons (Fsp3) is 0.615. The minimum atomic E-state index is -0.448. The molecule has 1 saturated heterocycles. The van der Waals surface area contributed by atoms with Crippen molar-refractivity contribution in [2.24, 2.45) is 5.92 Å². The lowest BCUT2D eigenvalue weighted by molar-refractivity contribution is -0.385. The predicted octanol–water partition coefficient (Wildman–Crippen LogP) is 2.90. The Morgan fingerprint density at radius 3 is 2.85 bits per heavy atom. The number of aromatic nitrogens is 1. The van der Waals surface area contributed by atoms with Crippen LogP contribution in [0.4, 0.5) is 11.5 Å². The van der Waals surface area contributed by atoms with Gasteiger partial charge in [0.05, 0.1) is 9.40 Å². The van der Waals surface area contributed by atoms with E-state index in [1.54, 1.807) is 0 Å². The first-order valence-corrected chi connectivity index (χ1v) is 7.61. The maximum absolute atomic E-state index is 10.6. The maximum Gasteiger partial charge on any atom is 0.288 e. The summed E-state index contributed by atoms with van der Waals surface area (Å²) in [6.07, 6.45) is 3.80. The molecule has 0 aliphatic carbocycles. The third-order valence-electron chi connectivity index (χ3n) is 3.63. The monoisotopic (exact) mass is 342 g/mol. The summed E-state index contributed by atoms with van der Waals surface area (Å²) < 4.78 is 0.624. The van der Waals surface area contributed by atoms with Gasteiger partial charge in [0.1, 0.15) is 12.0 Å². The first-order chi connectivity index (χ1) is 9.56. The summed E-state index contributed by atoms with van der Waals surface area (Å²) in [6.45, 7) is 6.36. The van der Waals surface area contributed by atoms with E-state index in [0.717, 1.165) is 32.1 Å². The molecule has 0 amide bonds. The smallest absolute Gasteiger partial charge is 0.288 e. The Bertz CT molecular complexity index is 475. The molecule has 1 fully saturated rings. The average molecular weight is 343 g/mol. The number of hydrogen-bond donors (Lipinski definition) is 1. The lowest BCUT2D eigenvalue weighted by Crippen LogP contribution is -2.36. The minimum absolute atomic E-state index is 0.00700. The molecular weight excluding hydrogens is 324 g/mol. The lowest BCUT2D eigenvalue weighted by atomic mass is 9.99. The number of halogens is 1. The summed E-state index contributed by atoms with van der Waals surface area (Å²) in [5.41, 5.74) is -0.00700. The molecule has 0 unspecified atom stereocenters. The van der Waals surface area contributed by atoms with Crippen LogP contribution in [0.3, 0.4) is 0 Å². The number of pyridine rings is 1. The van der Waals surface area contributed by atoms with Gasteiger partial charge in [-0.05, 0) is 47.8 Å². The van der Waals surface area contributed by atoms with Crippen LogP contribution in [-0.4, -0.2) is 41.0 Å². The highest BCUT2D eigenvalue weighted by molar-refractivity contribution is 9.10.